The summed E-state index contributed by atoms with van der Waals surface area (Å²) in [5.41, 5.74) is 1.32. The van der Waals surface area contributed by atoms with Gasteiger partial charge in [0, 0.05) is 6.04 Å². The average molecular weight is 413 g/mol. The van der Waals surface area contributed by atoms with Gasteiger partial charge in [0.05, 0.1) is 0 Å². The van der Waals surface area contributed by atoms with E-state index in [1.165, 1.54) is 5.56 Å². The maximum Gasteiger partial charge on any atom is 0.258 e. The molecule has 0 aliphatic heterocycles. The van der Waals surface area contributed by atoms with Crippen LogP contribution in [0.1, 0.15) is 30.7 Å². The van der Waals surface area contributed by atoms with Gasteiger partial charge in [0.25, 0.3) is 5.91 Å². The predicted molar refractivity (Wildman–Crippen MR) is 117 cm³/mol. The molecule has 1 unspecified atom stereocenters. The van der Waals surface area contributed by atoms with Crippen molar-refractivity contribution >= 4 is 23.6 Å². The number of benzene rings is 2. The van der Waals surface area contributed by atoms with Crippen molar-refractivity contribution in [2.75, 3.05) is 18.6 Å². The SMILES string of the molecule is CSCCC(NC(=O)COc1ccccc1)C(=O)NC1CC(c2ccccc2)C1. The largest absolute Gasteiger partial charge is 0.484 e. The Bertz CT molecular complexity index is 779. The van der Waals surface area contributed by atoms with Crippen LogP contribution in [0.5, 0.6) is 5.75 Å². The zero-order valence-electron chi connectivity index (χ0n) is 16.7. The summed E-state index contributed by atoms with van der Waals surface area (Å²) in [4.78, 5) is 25.0. The van der Waals surface area contributed by atoms with Gasteiger partial charge in [-0.1, -0.05) is 48.5 Å². The Labute approximate surface area is 176 Å². The number of nitrogens with one attached hydrogen (secondary N) is 2. The van der Waals surface area contributed by atoms with Gasteiger partial charge in [-0.05, 0) is 54.9 Å². The number of carbonyl (C=O) groups is 2. The van der Waals surface area contributed by atoms with Crippen LogP contribution in [0.15, 0.2) is 60.7 Å². The standard InChI is InChI=1S/C23H28N2O3S/c1-29-13-12-21(25-22(26)16-28-20-10-6-3-7-11-20)23(27)24-19-14-18(15-19)17-8-4-2-5-9-17/h2-11,18-19,21H,12-16H2,1H3,(H,24,27)(H,25,26). The van der Waals surface area contributed by atoms with Crippen LogP contribution >= 0.6 is 11.8 Å². The van der Waals surface area contributed by atoms with Crippen LogP contribution in [-0.2, 0) is 9.59 Å². The van der Waals surface area contributed by atoms with Gasteiger partial charge in [0.15, 0.2) is 6.61 Å². The Hall–Kier alpha value is -2.47. The van der Waals surface area contributed by atoms with Crippen molar-refractivity contribution in [3.8, 4) is 5.75 Å². The lowest BCUT2D eigenvalue weighted by atomic mass is 9.76. The minimum atomic E-state index is -0.537. The molecule has 0 heterocycles. The second-order valence-corrected chi connectivity index (χ2v) is 8.27. The van der Waals surface area contributed by atoms with E-state index >= 15 is 0 Å². The summed E-state index contributed by atoms with van der Waals surface area (Å²) in [6.45, 7) is -0.105. The molecular weight excluding hydrogens is 384 g/mol. The lowest BCUT2D eigenvalue weighted by Crippen LogP contribution is -2.53. The number of ether oxygens (including phenoxy) is 1. The van der Waals surface area contributed by atoms with Crippen LogP contribution in [0.4, 0.5) is 0 Å². The van der Waals surface area contributed by atoms with Crippen molar-refractivity contribution in [1.82, 2.24) is 10.6 Å². The number of para-hydroxylation sites is 1. The molecule has 0 radical (unpaired) electrons. The van der Waals surface area contributed by atoms with E-state index < -0.39 is 6.04 Å². The first-order chi connectivity index (χ1) is 14.2. The fourth-order valence-electron chi connectivity index (χ4n) is 3.44. The lowest BCUT2D eigenvalue weighted by Gasteiger charge is -2.37. The number of hydrogen-bond acceptors (Lipinski definition) is 4. The third-order valence-corrected chi connectivity index (χ3v) is 5.77. The fraction of sp³-hybridized carbons (Fsp3) is 0.391. The van der Waals surface area contributed by atoms with Gasteiger partial charge in [0.1, 0.15) is 11.8 Å². The molecule has 154 valence electrons. The van der Waals surface area contributed by atoms with E-state index in [-0.39, 0.29) is 24.5 Å². The first kappa shape index (κ1) is 21.2. The van der Waals surface area contributed by atoms with Crippen LogP contribution < -0.4 is 15.4 Å². The highest BCUT2D eigenvalue weighted by Crippen LogP contribution is 2.36. The van der Waals surface area contributed by atoms with Crippen molar-refractivity contribution in [3.63, 3.8) is 0 Å². The highest BCUT2D eigenvalue weighted by Gasteiger charge is 2.33. The molecule has 1 atom stereocenters. The minimum Gasteiger partial charge on any atom is -0.484 e. The molecule has 2 amide bonds. The molecule has 0 bridgehead atoms. The summed E-state index contributed by atoms with van der Waals surface area (Å²) in [7, 11) is 0. The van der Waals surface area contributed by atoms with Crippen LogP contribution in [0.25, 0.3) is 0 Å². The maximum absolute atomic E-state index is 12.7. The van der Waals surface area contributed by atoms with E-state index in [4.69, 9.17) is 4.74 Å². The van der Waals surface area contributed by atoms with E-state index in [9.17, 15) is 9.59 Å². The van der Waals surface area contributed by atoms with Crippen LogP contribution in [-0.4, -0.2) is 42.5 Å². The van der Waals surface area contributed by atoms with E-state index in [0.717, 1.165) is 18.6 Å². The molecule has 5 nitrogen and oxygen atoms in total. The number of rotatable bonds is 10. The minimum absolute atomic E-state index is 0.105. The highest BCUT2D eigenvalue weighted by atomic mass is 32.2. The Morgan fingerprint density at radius 1 is 1.07 bits per heavy atom. The normalized spacial score (nSPS) is 18.9. The van der Waals surface area contributed by atoms with Gasteiger partial charge in [-0.2, -0.15) is 11.8 Å². The molecule has 2 aromatic rings. The summed E-state index contributed by atoms with van der Waals surface area (Å²) in [6, 6.07) is 19.2. The molecule has 1 saturated carbocycles. The third-order valence-electron chi connectivity index (χ3n) is 5.13. The van der Waals surface area contributed by atoms with Gasteiger partial charge in [-0.15, -0.1) is 0 Å². The van der Waals surface area contributed by atoms with Crippen LogP contribution in [0, 0.1) is 0 Å². The molecule has 2 aromatic carbocycles. The molecule has 1 aliphatic rings. The number of hydrogen-bond donors (Lipinski definition) is 2. The Morgan fingerprint density at radius 2 is 1.72 bits per heavy atom. The molecule has 0 aromatic heterocycles. The Kier molecular flexibility index (Phi) is 7.99. The fourth-order valence-corrected chi connectivity index (χ4v) is 3.91. The van der Waals surface area contributed by atoms with Crippen molar-refractivity contribution < 1.29 is 14.3 Å². The van der Waals surface area contributed by atoms with E-state index in [0.29, 0.717) is 18.1 Å². The number of thioether (sulfide) groups is 1. The maximum atomic E-state index is 12.7. The summed E-state index contributed by atoms with van der Waals surface area (Å²) >= 11 is 1.66. The molecule has 0 saturated heterocycles. The van der Waals surface area contributed by atoms with Gasteiger partial charge in [-0.25, -0.2) is 0 Å². The molecule has 6 heteroatoms. The molecule has 0 spiro atoms. The monoisotopic (exact) mass is 412 g/mol. The molecular formula is C23H28N2O3S. The molecule has 1 aliphatic carbocycles. The molecule has 2 N–H and O–H groups in total. The van der Waals surface area contributed by atoms with Crippen molar-refractivity contribution in [1.29, 1.82) is 0 Å². The smallest absolute Gasteiger partial charge is 0.258 e. The number of carbonyl (C=O) groups excluding carboxylic acids is 2. The Balaban J connectivity index is 1.46. The van der Waals surface area contributed by atoms with E-state index in [1.807, 2.05) is 42.7 Å². The molecule has 29 heavy (non-hydrogen) atoms. The van der Waals surface area contributed by atoms with E-state index in [2.05, 4.69) is 22.8 Å². The average Bonchev–Trinajstić information content (AvgIpc) is 2.73. The van der Waals surface area contributed by atoms with Crippen LogP contribution in [0.3, 0.4) is 0 Å². The topological polar surface area (TPSA) is 67.4 Å². The quantitative estimate of drug-likeness (QED) is 0.628. The summed E-state index contributed by atoms with van der Waals surface area (Å²) in [5.74, 6) is 1.54. The van der Waals surface area contributed by atoms with Crippen molar-refractivity contribution in [2.24, 2.45) is 0 Å². The number of amides is 2. The first-order valence-corrected chi connectivity index (χ1v) is 11.4. The van der Waals surface area contributed by atoms with E-state index in [1.54, 1.807) is 23.9 Å². The first-order valence-electron chi connectivity index (χ1n) is 9.97. The second kappa shape index (κ2) is 10.9. The van der Waals surface area contributed by atoms with Gasteiger partial charge in [0.2, 0.25) is 5.91 Å². The van der Waals surface area contributed by atoms with Crippen molar-refractivity contribution in [3.05, 3.63) is 66.2 Å². The lowest BCUT2D eigenvalue weighted by molar-refractivity contribution is -0.130. The molecule has 1 fully saturated rings. The van der Waals surface area contributed by atoms with Crippen molar-refractivity contribution in [2.45, 2.75) is 37.3 Å². The zero-order valence-corrected chi connectivity index (χ0v) is 17.5. The van der Waals surface area contributed by atoms with Gasteiger partial charge in [-0.3, -0.25) is 9.59 Å². The Morgan fingerprint density at radius 3 is 2.38 bits per heavy atom. The van der Waals surface area contributed by atoms with Gasteiger partial charge < -0.3 is 15.4 Å². The highest BCUT2D eigenvalue weighted by molar-refractivity contribution is 7.98. The summed E-state index contributed by atoms with van der Waals surface area (Å²) in [5, 5.41) is 5.93. The zero-order chi connectivity index (χ0) is 20.5. The molecule has 3 rings (SSSR count). The van der Waals surface area contributed by atoms with Crippen LogP contribution in [0.2, 0.25) is 0 Å². The summed E-state index contributed by atoms with van der Waals surface area (Å²) in [6.07, 6.45) is 4.47. The summed E-state index contributed by atoms with van der Waals surface area (Å²) < 4.78 is 5.48. The predicted octanol–water partition coefficient (Wildman–Crippen LogP) is 3.37. The third kappa shape index (κ3) is 6.53. The second-order valence-electron chi connectivity index (χ2n) is 7.29. The van der Waals surface area contributed by atoms with Gasteiger partial charge >= 0.3 is 0 Å².